The standard InChI is InChI=1S/C19H14Cl2N2O2S/c1-3-9-23-17-15(21)10-13(20)11-16(17)26-19(23)22-18(24)12-5-7-14(8-6-12)25-4-2/h1,5-8,10-11H,4,9H2,2H3. The summed E-state index contributed by atoms with van der Waals surface area (Å²) < 4.78 is 7.94. The average Bonchev–Trinajstić information content (AvgIpc) is 2.93. The second-order valence-electron chi connectivity index (χ2n) is 5.28. The van der Waals surface area contributed by atoms with Crippen molar-refractivity contribution in [3.63, 3.8) is 0 Å². The number of nitrogens with zero attached hydrogens (tertiary/aromatic N) is 2. The Hall–Kier alpha value is -2.26. The van der Waals surface area contributed by atoms with Crippen LogP contribution in [0, 0.1) is 12.3 Å². The average molecular weight is 405 g/mol. The van der Waals surface area contributed by atoms with E-state index >= 15 is 0 Å². The molecule has 0 fully saturated rings. The second-order valence-corrected chi connectivity index (χ2v) is 7.14. The summed E-state index contributed by atoms with van der Waals surface area (Å²) in [6.07, 6.45) is 5.47. The number of benzene rings is 2. The van der Waals surface area contributed by atoms with Crippen LogP contribution in [-0.2, 0) is 6.54 Å². The molecule has 0 spiro atoms. The van der Waals surface area contributed by atoms with Crippen LogP contribution in [0.4, 0.5) is 0 Å². The first-order chi connectivity index (χ1) is 12.5. The fourth-order valence-electron chi connectivity index (χ4n) is 2.46. The van der Waals surface area contributed by atoms with E-state index in [-0.39, 0.29) is 12.5 Å². The molecule has 1 amide bonds. The van der Waals surface area contributed by atoms with E-state index in [9.17, 15) is 4.79 Å². The molecular formula is C19H14Cl2N2O2S. The Labute approximate surface area is 164 Å². The minimum atomic E-state index is -0.368. The summed E-state index contributed by atoms with van der Waals surface area (Å²) in [5, 5.41) is 0.981. The topological polar surface area (TPSA) is 43.6 Å². The van der Waals surface area contributed by atoms with Crippen molar-refractivity contribution in [2.24, 2.45) is 4.99 Å². The fraction of sp³-hybridized carbons (Fsp3) is 0.158. The van der Waals surface area contributed by atoms with Crippen molar-refractivity contribution < 1.29 is 9.53 Å². The highest BCUT2D eigenvalue weighted by molar-refractivity contribution is 7.16. The van der Waals surface area contributed by atoms with Gasteiger partial charge in [-0.2, -0.15) is 4.99 Å². The number of halogens is 2. The third-order valence-corrected chi connectivity index (χ3v) is 5.09. The van der Waals surface area contributed by atoms with Gasteiger partial charge in [0.2, 0.25) is 0 Å². The van der Waals surface area contributed by atoms with E-state index < -0.39 is 0 Å². The quantitative estimate of drug-likeness (QED) is 0.587. The Morgan fingerprint density at radius 1 is 1.31 bits per heavy atom. The van der Waals surface area contributed by atoms with E-state index in [0.29, 0.717) is 32.8 Å². The van der Waals surface area contributed by atoms with Gasteiger partial charge >= 0.3 is 0 Å². The Balaban J connectivity index is 2.08. The van der Waals surface area contributed by atoms with Crippen LogP contribution < -0.4 is 9.54 Å². The third kappa shape index (κ3) is 3.78. The summed E-state index contributed by atoms with van der Waals surface area (Å²) in [5.74, 6) is 2.90. The smallest absolute Gasteiger partial charge is 0.279 e. The molecule has 0 bridgehead atoms. The van der Waals surface area contributed by atoms with Crippen LogP contribution in [0.15, 0.2) is 41.4 Å². The van der Waals surface area contributed by atoms with Crippen LogP contribution in [0.2, 0.25) is 10.0 Å². The van der Waals surface area contributed by atoms with Crippen molar-refractivity contribution in [2.75, 3.05) is 6.61 Å². The van der Waals surface area contributed by atoms with Gasteiger partial charge in [-0.05, 0) is 43.3 Å². The predicted octanol–water partition coefficient (Wildman–Crippen LogP) is 4.78. The maximum absolute atomic E-state index is 12.5. The molecular weight excluding hydrogens is 391 g/mol. The molecule has 0 N–H and O–H groups in total. The Morgan fingerprint density at radius 3 is 2.69 bits per heavy atom. The van der Waals surface area contributed by atoms with Gasteiger partial charge in [0.25, 0.3) is 5.91 Å². The van der Waals surface area contributed by atoms with Crippen molar-refractivity contribution in [1.29, 1.82) is 0 Å². The monoisotopic (exact) mass is 404 g/mol. The number of carbonyl (C=O) groups excluding carboxylic acids is 1. The van der Waals surface area contributed by atoms with Crippen LogP contribution in [-0.4, -0.2) is 17.1 Å². The molecule has 0 saturated carbocycles. The molecule has 132 valence electrons. The molecule has 2 aromatic carbocycles. The SMILES string of the molecule is C#CCn1c(=NC(=O)c2ccc(OCC)cc2)sc2cc(Cl)cc(Cl)c21. The zero-order chi connectivity index (χ0) is 18.7. The van der Waals surface area contributed by atoms with Crippen LogP contribution in [0.5, 0.6) is 5.75 Å². The van der Waals surface area contributed by atoms with E-state index in [1.807, 2.05) is 6.92 Å². The van der Waals surface area contributed by atoms with Crippen LogP contribution in [0.3, 0.4) is 0 Å². The van der Waals surface area contributed by atoms with Crippen LogP contribution in [0.25, 0.3) is 10.2 Å². The number of amides is 1. The number of ether oxygens (including phenoxy) is 1. The van der Waals surface area contributed by atoms with Gasteiger partial charge in [-0.3, -0.25) is 4.79 Å². The normalized spacial score (nSPS) is 11.5. The van der Waals surface area contributed by atoms with E-state index in [4.69, 9.17) is 34.4 Å². The Morgan fingerprint density at radius 2 is 2.04 bits per heavy atom. The number of terminal acetylenes is 1. The summed E-state index contributed by atoms with van der Waals surface area (Å²) >= 11 is 13.7. The molecule has 4 nitrogen and oxygen atoms in total. The molecule has 1 heterocycles. The largest absolute Gasteiger partial charge is 0.494 e. The molecule has 3 aromatic rings. The molecule has 0 atom stereocenters. The lowest BCUT2D eigenvalue weighted by atomic mass is 10.2. The van der Waals surface area contributed by atoms with E-state index in [0.717, 1.165) is 10.2 Å². The van der Waals surface area contributed by atoms with E-state index in [1.165, 1.54) is 11.3 Å². The number of aromatic nitrogens is 1. The van der Waals surface area contributed by atoms with Gasteiger partial charge in [0.15, 0.2) is 4.80 Å². The molecule has 0 aliphatic rings. The Bertz CT molecular complexity index is 1080. The number of carbonyl (C=O) groups is 1. The first-order valence-electron chi connectivity index (χ1n) is 7.77. The second kappa shape index (κ2) is 7.96. The van der Waals surface area contributed by atoms with Crippen molar-refractivity contribution in [3.8, 4) is 18.1 Å². The highest BCUT2D eigenvalue weighted by Crippen LogP contribution is 2.29. The summed E-state index contributed by atoms with van der Waals surface area (Å²) in [7, 11) is 0. The van der Waals surface area contributed by atoms with Gasteiger partial charge < -0.3 is 9.30 Å². The van der Waals surface area contributed by atoms with Crippen molar-refractivity contribution in [3.05, 3.63) is 56.8 Å². The van der Waals surface area contributed by atoms with Gasteiger partial charge in [-0.25, -0.2) is 0 Å². The first-order valence-corrected chi connectivity index (χ1v) is 9.34. The molecule has 3 rings (SSSR count). The zero-order valence-electron chi connectivity index (χ0n) is 13.8. The molecule has 0 radical (unpaired) electrons. The molecule has 7 heteroatoms. The van der Waals surface area contributed by atoms with Crippen molar-refractivity contribution >= 4 is 50.7 Å². The molecule has 0 unspecified atom stereocenters. The number of hydrogen-bond donors (Lipinski definition) is 0. The minimum absolute atomic E-state index is 0.247. The lowest BCUT2D eigenvalue weighted by Crippen LogP contribution is -2.16. The molecule has 26 heavy (non-hydrogen) atoms. The van der Waals surface area contributed by atoms with Crippen molar-refractivity contribution in [2.45, 2.75) is 13.5 Å². The van der Waals surface area contributed by atoms with Gasteiger partial charge in [-0.1, -0.05) is 40.5 Å². The summed E-state index contributed by atoms with van der Waals surface area (Å²) in [4.78, 5) is 17.3. The Kier molecular flexibility index (Phi) is 5.67. The summed E-state index contributed by atoms with van der Waals surface area (Å²) in [5.41, 5.74) is 1.18. The molecule has 0 aliphatic carbocycles. The minimum Gasteiger partial charge on any atom is -0.494 e. The van der Waals surface area contributed by atoms with Crippen LogP contribution >= 0.6 is 34.5 Å². The van der Waals surface area contributed by atoms with Crippen LogP contribution in [0.1, 0.15) is 17.3 Å². The third-order valence-electron chi connectivity index (χ3n) is 3.55. The summed E-state index contributed by atoms with van der Waals surface area (Å²) in [6.45, 7) is 2.71. The molecule has 1 aromatic heterocycles. The number of hydrogen-bond acceptors (Lipinski definition) is 3. The number of fused-ring (bicyclic) bond motifs is 1. The maximum Gasteiger partial charge on any atom is 0.279 e. The zero-order valence-corrected chi connectivity index (χ0v) is 16.2. The van der Waals surface area contributed by atoms with Gasteiger partial charge in [0.05, 0.1) is 28.4 Å². The highest BCUT2D eigenvalue weighted by Gasteiger charge is 2.12. The summed E-state index contributed by atoms with van der Waals surface area (Å²) in [6, 6.07) is 10.3. The number of thiazole rings is 1. The fourth-order valence-corrected chi connectivity index (χ4v) is 4.27. The lowest BCUT2D eigenvalue weighted by molar-refractivity contribution is 0.0998. The predicted molar refractivity (Wildman–Crippen MR) is 106 cm³/mol. The maximum atomic E-state index is 12.5. The molecule has 0 aliphatic heterocycles. The lowest BCUT2D eigenvalue weighted by Gasteiger charge is -2.03. The van der Waals surface area contributed by atoms with Crippen molar-refractivity contribution in [1.82, 2.24) is 4.57 Å². The van der Waals surface area contributed by atoms with E-state index in [1.54, 1.807) is 41.0 Å². The van der Waals surface area contributed by atoms with E-state index in [2.05, 4.69) is 10.9 Å². The van der Waals surface area contributed by atoms with Gasteiger partial charge in [0, 0.05) is 10.6 Å². The number of rotatable bonds is 4. The molecule has 0 saturated heterocycles. The van der Waals surface area contributed by atoms with Gasteiger partial charge in [-0.15, -0.1) is 6.42 Å². The first kappa shape index (κ1) is 18.5. The van der Waals surface area contributed by atoms with Gasteiger partial charge in [0.1, 0.15) is 5.75 Å². The highest BCUT2D eigenvalue weighted by atomic mass is 35.5.